The molecule has 2 N–H and O–H groups in total. The molecule has 0 atom stereocenters. The first kappa shape index (κ1) is 17.7. The molecule has 23 heavy (non-hydrogen) atoms. The highest BCUT2D eigenvalue weighted by molar-refractivity contribution is 7.89. The maximum Gasteiger partial charge on any atom is 0.242 e. The van der Waals surface area contributed by atoms with Crippen LogP contribution in [-0.2, 0) is 10.0 Å². The number of hydrogen-bond donors (Lipinski definition) is 2. The lowest BCUT2D eigenvalue weighted by Gasteiger charge is -2.32. The first-order valence-electron chi connectivity index (χ1n) is 7.88. The van der Waals surface area contributed by atoms with Crippen LogP contribution in [0.2, 0.25) is 0 Å². The van der Waals surface area contributed by atoms with Crippen LogP contribution in [0.1, 0.15) is 19.8 Å². The molecule has 0 aliphatic carbocycles. The molecule has 0 radical (unpaired) electrons. The van der Waals surface area contributed by atoms with E-state index < -0.39 is 10.0 Å². The minimum absolute atomic E-state index is 0.175. The summed E-state index contributed by atoms with van der Waals surface area (Å²) in [5.41, 5.74) is 0. The number of piperidine rings is 1. The Morgan fingerprint density at radius 2 is 2.13 bits per heavy atom. The van der Waals surface area contributed by atoms with Crippen molar-refractivity contribution >= 4 is 16.0 Å². The summed E-state index contributed by atoms with van der Waals surface area (Å²) in [6.07, 6.45) is 5.20. The fraction of sp³-hybridized carbons (Fsp3) is 0.600. The molecule has 1 saturated heterocycles. The van der Waals surface area contributed by atoms with Crippen LogP contribution >= 0.6 is 0 Å². The Balaban J connectivity index is 1.78. The van der Waals surface area contributed by atoms with Crippen molar-refractivity contribution in [3.8, 4) is 0 Å². The van der Waals surface area contributed by atoms with Gasteiger partial charge in [-0.3, -0.25) is 9.98 Å². The van der Waals surface area contributed by atoms with Gasteiger partial charge in [0.15, 0.2) is 5.96 Å². The Labute approximate surface area is 138 Å². The summed E-state index contributed by atoms with van der Waals surface area (Å²) in [6, 6.07) is 3.13. The standard InChI is InChI=1S/C15H25N5O2S/c1-13-5-10-20(11-6-13)15(16-2)18-8-9-19-23(21,22)14-4-3-7-17-12-14/h3-4,7,12-13,19H,5-6,8-11H2,1-2H3,(H,16,18). The Bertz CT molecular complexity index is 610. The highest BCUT2D eigenvalue weighted by Crippen LogP contribution is 2.15. The molecular weight excluding hydrogens is 314 g/mol. The number of nitrogens with zero attached hydrogens (tertiary/aromatic N) is 3. The van der Waals surface area contributed by atoms with Crippen molar-refractivity contribution in [1.82, 2.24) is 19.9 Å². The lowest BCUT2D eigenvalue weighted by molar-refractivity contribution is 0.273. The number of aliphatic imine (C=N–C) groups is 1. The van der Waals surface area contributed by atoms with Crippen molar-refractivity contribution in [3.05, 3.63) is 24.5 Å². The van der Waals surface area contributed by atoms with Crippen LogP contribution in [0.5, 0.6) is 0 Å². The molecule has 1 aromatic heterocycles. The second-order valence-corrected chi connectivity index (χ2v) is 7.50. The molecule has 8 heteroatoms. The van der Waals surface area contributed by atoms with Gasteiger partial charge in [0.25, 0.3) is 0 Å². The molecule has 0 spiro atoms. The molecule has 0 bridgehead atoms. The fourth-order valence-electron chi connectivity index (χ4n) is 2.50. The van der Waals surface area contributed by atoms with Crippen LogP contribution < -0.4 is 10.0 Å². The summed E-state index contributed by atoms with van der Waals surface area (Å²) < 4.78 is 26.7. The zero-order valence-corrected chi connectivity index (χ0v) is 14.5. The van der Waals surface area contributed by atoms with E-state index in [1.54, 1.807) is 19.3 Å². The van der Waals surface area contributed by atoms with Crippen molar-refractivity contribution in [2.24, 2.45) is 10.9 Å². The van der Waals surface area contributed by atoms with Gasteiger partial charge >= 0.3 is 0 Å². The molecule has 2 heterocycles. The van der Waals surface area contributed by atoms with Gasteiger partial charge in [0.1, 0.15) is 4.90 Å². The van der Waals surface area contributed by atoms with Crippen molar-refractivity contribution < 1.29 is 8.42 Å². The Morgan fingerprint density at radius 3 is 2.74 bits per heavy atom. The first-order valence-corrected chi connectivity index (χ1v) is 9.36. The van der Waals surface area contributed by atoms with Crippen molar-refractivity contribution in [1.29, 1.82) is 0 Å². The molecule has 1 fully saturated rings. The molecule has 0 unspecified atom stereocenters. The van der Waals surface area contributed by atoms with Gasteiger partial charge in [-0.2, -0.15) is 0 Å². The van der Waals surface area contributed by atoms with E-state index in [0.29, 0.717) is 13.1 Å². The minimum Gasteiger partial charge on any atom is -0.355 e. The predicted octanol–water partition coefficient (Wildman–Crippen LogP) is 0.667. The number of aromatic nitrogens is 1. The second-order valence-electron chi connectivity index (χ2n) is 5.73. The summed E-state index contributed by atoms with van der Waals surface area (Å²) in [6.45, 7) is 5.02. The number of pyridine rings is 1. The first-order chi connectivity index (χ1) is 11.0. The van der Waals surface area contributed by atoms with E-state index in [2.05, 4.69) is 31.8 Å². The van der Waals surface area contributed by atoms with Gasteiger partial charge in [-0.1, -0.05) is 6.92 Å². The molecule has 0 amide bonds. The quantitative estimate of drug-likeness (QED) is 0.468. The number of hydrogen-bond acceptors (Lipinski definition) is 4. The van der Waals surface area contributed by atoms with Crippen LogP contribution in [-0.4, -0.2) is 57.5 Å². The average Bonchev–Trinajstić information content (AvgIpc) is 2.57. The molecule has 7 nitrogen and oxygen atoms in total. The van der Waals surface area contributed by atoms with Gasteiger partial charge in [0.2, 0.25) is 10.0 Å². The lowest BCUT2D eigenvalue weighted by atomic mass is 10.00. The number of likely N-dealkylation sites (tertiary alicyclic amines) is 1. The largest absolute Gasteiger partial charge is 0.355 e. The number of rotatable bonds is 5. The van der Waals surface area contributed by atoms with Gasteiger partial charge in [-0.15, -0.1) is 0 Å². The third kappa shape index (κ3) is 5.18. The maximum atomic E-state index is 12.1. The zero-order valence-electron chi connectivity index (χ0n) is 13.7. The monoisotopic (exact) mass is 339 g/mol. The summed E-state index contributed by atoms with van der Waals surface area (Å²) in [4.78, 5) is 10.5. The van der Waals surface area contributed by atoms with E-state index in [1.165, 1.54) is 12.3 Å². The van der Waals surface area contributed by atoms with E-state index in [0.717, 1.165) is 37.8 Å². The van der Waals surface area contributed by atoms with Crippen molar-refractivity contribution in [3.63, 3.8) is 0 Å². The van der Waals surface area contributed by atoms with Gasteiger partial charge in [0.05, 0.1) is 0 Å². The zero-order chi connectivity index (χ0) is 16.7. The van der Waals surface area contributed by atoms with Crippen LogP contribution in [0, 0.1) is 5.92 Å². The van der Waals surface area contributed by atoms with E-state index in [9.17, 15) is 8.42 Å². The highest BCUT2D eigenvalue weighted by Gasteiger charge is 2.18. The van der Waals surface area contributed by atoms with Gasteiger partial charge in [-0.05, 0) is 30.9 Å². The van der Waals surface area contributed by atoms with E-state index in [4.69, 9.17) is 0 Å². The Morgan fingerprint density at radius 1 is 1.39 bits per heavy atom. The third-order valence-electron chi connectivity index (χ3n) is 3.94. The summed E-state index contributed by atoms with van der Waals surface area (Å²) in [5.74, 6) is 1.59. The van der Waals surface area contributed by atoms with Gasteiger partial charge in [0, 0.05) is 45.6 Å². The lowest BCUT2D eigenvalue weighted by Crippen LogP contribution is -2.47. The second kappa shape index (κ2) is 8.26. The van der Waals surface area contributed by atoms with Gasteiger partial charge < -0.3 is 10.2 Å². The Hall–Kier alpha value is -1.67. The number of sulfonamides is 1. The normalized spacial score (nSPS) is 17.3. The van der Waals surface area contributed by atoms with Crippen molar-refractivity contribution in [2.75, 3.05) is 33.2 Å². The molecule has 0 aromatic carbocycles. The smallest absolute Gasteiger partial charge is 0.242 e. The molecular formula is C15H25N5O2S. The number of guanidine groups is 1. The summed E-state index contributed by atoms with van der Waals surface area (Å²) in [7, 11) is -1.75. The molecule has 0 saturated carbocycles. The highest BCUT2D eigenvalue weighted by atomic mass is 32.2. The molecule has 2 rings (SSSR count). The van der Waals surface area contributed by atoms with Crippen LogP contribution in [0.15, 0.2) is 34.4 Å². The Kier molecular flexibility index (Phi) is 6.35. The van der Waals surface area contributed by atoms with Gasteiger partial charge in [-0.25, -0.2) is 13.1 Å². The fourth-order valence-corrected chi connectivity index (χ4v) is 3.50. The maximum absolute atomic E-state index is 12.1. The van der Waals surface area contributed by atoms with Crippen LogP contribution in [0.3, 0.4) is 0 Å². The topological polar surface area (TPSA) is 86.7 Å². The van der Waals surface area contributed by atoms with E-state index in [1.807, 2.05) is 0 Å². The minimum atomic E-state index is -3.50. The average molecular weight is 339 g/mol. The summed E-state index contributed by atoms with van der Waals surface area (Å²) in [5, 5.41) is 3.21. The number of nitrogens with one attached hydrogen (secondary N) is 2. The van der Waals surface area contributed by atoms with Crippen LogP contribution in [0.25, 0.3) is 0 Å². The van der Waals surface area contributed by atoms with E-state index >= 15 is 0 Å². The molecule has 1 aliphatic heterocycles. The predicted molar refractivity (Wildman–Crippen MR) is 90.8 cm³/mol. The SMILES string of the molecule is CN=C(NCCNS(=O)(=O)c1cccnc1)N1CCC(C)CC1. The van der Waals surface area contributed by atoms with Crippen molar-refractivity contribution in [2.45, 2.75) is 24.7 Å². The molecule has 1 aliphatic rings. The summed E-state index contributed by atoms with van der Waals surface area (Å²) >= 11 is 0. The molecule has 128 valence electrons. The van der Waals surface area contributed by atoms with E-state index in [-0.39, 0.29) is 4.90 Å². The molecule has 1 aromatic rings. The van der Waals surface area contributed by atoms with Crippen LogP contribution in [0.4, 0.5) is 0 Å². The third-order valence-corrected chi connectivity index (χ3v) is 5.39.